The minimum absolute atomic E-state index is 0.198. The average molecular weight is 455 g/mol. The summed E-state index contributed by atoms with van der Waals surface area (Å²) in [7, 11) is 0. The number of ketones is 1. The van der Waals surface area contributed by atoms with Crippen LogP contribution < -0.4 is 10.1 Å². The van der Waals surface area contributed by atoms with Crippen molar-refractivity contribution in [3.05, 3.63) is 59.9 Å². The van der Waals surface area contributed by atoms with E-state index >= 15 is 0 Å². The Morgan fingerprint density at radius 3 is 2.64 bits per heavy atom. The van der Waals surface area contributed by atoms with Crippen molar-refractivity contribution >= 4 is 11.8 Å². The molecule has 0 fully saturated rings. The van der Waals surface area contributed by atoms with E-state index < -0.39 is 11.6 Å². The Labute approximate surface area is 197 Å². The molecule has 2 N–H and O–H groups in total. The Hall–Kier alpha value is -2.73. The SMILES string of the molecule is CCCCCCC(=O)C(CNCCc1cccc(OC(C)(CC)C(=O)O)c1)c1cccnc1. The highest BCUT2D eigenvalue weighted by atomic mass is 16.5. The van der Waals surface area contributed by atoms with E-state index in [4.69, 9.17) is 4.74 Å². The maximum Gasteiger partial charge on any atom is 0.347 e. The Morgan fingerprint density at radius 2 is 1.97 bits per heavy atom. The molecule has 2 aromatic rings. The van der Waals surface area contributed by atoms with Crippen molar-refractivity contribution in [2.75, 3.05) is 13.1 Å². The van der Waals surface area contributed by atoms with Crippen LogP contribution in [0.25, 0.3) is 0 Å². The second-order valence-corrected chi connectivity index (χ2v) is 8.71. The van der Waals surface area contributed by atoms with Crippen molar-refractivity contribution in [1.82, 2.24) is 10.3 Å². The molecule has 2 atom stereocenters. The fraction of sp³-hybridized carbons (Fsp3) is 0.519. The number of carboxylic acids is 1. The second-order valence-electron chi connectivity index (χ2n) is 8.71. The summed E-state index contributed by atoms with van der Waals surface area (Å²) in [6, 6.07) is 11.4. The molecule has 0 saturated heterocycles. The monoisotopic (exact) mass is 454 g/mol. The van der Waals surface area contributed by atoms with Crippen LogP contribution in [-0.2, 0) is 16.0 Å². The second kappa shape index (κ2) is 13.7. The molecule has 33 heavy (non-hydrogen) atoms. The molecule has 6 nitrogen and oxygen atoms in total. The highest BCUT2D eigenvalue weighted by Gasteiger charge is 2.33. The van der Waals surface area contributed by atoms with Crippen molar-refractivity contribution in [3.8, 4) is 5.75 Å². The smallest absolute Gasteiger partial charge is 0.347 e. The maximum atomic E-state index is 12.9. The minimum Gasteiger partial charge on any atom is -0.478 e. The number of benzene rings is 1. The first kappa shape index (κ1) is 26.5. The van der Waals surface area contributed by atoms with Crippen molar-refractivity contribution < 1.29 is 19.4 Å². The molecule has 0 aliphatic heterocycles. The van der Waals surface area contributed by atoms with Gasteiger partial charge in [-0.05, 0) is 62.1 Å². The predicted molar refractivity (Wildman–Crippen MR) is 131 cm³/mol. The number of aliphatic carboxylic acids is 1. The zero-order valence-electron chi connectivity index (χ0n) is 20.2. The number of pyridine rings is 1. The first-order valence-corrected chi connectivity index (χ1v) is 12.0. The van der Waals surface area contributed by atoms with Gasteiger partial charge in [-0.15, -0.1) is 0 Å². The van der Waals surface area contributed by atoms with Gasteiger partial charge in [0.25, 0.3) is 0 Å². The highest BCUT2D eigenvalue weighted by molar-refractivity contribution is 5.85. The van der Waals surface area contributed by atoms with E-state index in [1.165, 1.54) is 0 Å². The normalized spacial score (nSPS) is 13.8. The van der Waals surface area contributed by atoms with Gasteiger partial charge in [0.2, 0.25) is 5.60 Å². The van der Waals surface area contributed by atoms with Gasteiger partial charge in [0, 0.05) is 25.4 Å². The van der Waals surface area contributed by atoms with E-state index in [9.17, 15) is 14.7 Å². The van der Waals surface area contributed by atoms with Crippen LogP contribution in [-0.4, -0.2) is 40.5 Å². The third-order valence-corrected chi connectivity index (χ3v) is 6.06. The quantitative estimate of drug-likeness (QED) is 0.340. The van der Waals surface area contributed by atoms with Crippen molar-refractivity contribution in [1.29, 1.82) is 0 Å². The standard InChI is InChI=1S/C27H38N2O4/c1-4-6-7-8-14-25(30)24(22-12-10-16-28-19-22)20-29-17-15-21-11-9-13-23(18-21)33-27(3,5-2)26(31)32/h9-13,16,18-19,24,29H,4-8,14-15,17,20H2,1-3H3,(H,31,32). The lowest BCUT2D eigenvalue weighted by Gasteiger charge is -2.25. The minimum atomic E-state index is -1.24. The zero-order chi connectivity index (χ0) is 24.1. The van der Waals surface area contributed by atoms with Crippen molar-refractivity contribution in [2.45, 2.75) is 77.2 Å². The summed E-state index contributed by atoms with van der Waals surface area (Å²) in [5.74, 6) is -0.363. The molecule has 0 aliphatic carbocycles. The van der Waals surface area contributed by atoms with Crippen LogP contribution in [0.1, 0.15) is 76.3 Å². The van der Waals surface area contributed by atoms with Gasteiger partial charge in [-0.2, -0.15) is 0 Å². The van der Waals surface area contributed by atoms with Gasteiger partial charge in [-0.1, -0.05) is 51.3 Å². The fourth-order valence-electron chi connectivity index (χ4n) is 3.67. The Kier molecular flexibility index (Phi) is 11.0. The number of nitrogens with one attached hydrogen (secondary N) is 1. The molecule has 0 amide bonds. The van der Waals surface area contributed by atoms with Crippen LogP contribution in [0.4, 0.5) is 0 Å². The number of aromatic nitrogens is 1. The summed E-state index contributed by atoms with van der Waals surface area (Å²) in [5, 5.41) is 12.9. The van der Waals surface area contributed by atoms with Gasteiger partial charge in [0.15, 0.2) is 0 Å². The van der Waals surface area contributed by atoms with E-state index in [0.717, 1.165) is 43.2 Å². The number of rotatable bonds is 16. The number of carboxylic acid groups (broad SMARTS) is 1. The lowest BCUT2D eigenvalue weighted by Crippen LogP contribution is -2.40. The highest BCUT2D eigenvalue weighted by Crippen LogP contribution is 2.23. The molecule has 0 aliphatic rings. The molecule has 1 heterocycles. The molecule has 0 bridgehead atoms. The summed E-state index contributed by atoms with van der Waals surface area (Å²) in [4.78, 5) is 28.6. The molecule has 0 saturated carbocycles. The first-order valence-electron chi connectivity index (χ1n) is 12.0. The van der Waals surface area contributed by atoms with Crippen LogP contribution in [0.15, 0.2) is 48.8 Å². The molecule has 1 aromatic heterocycles. The van der Waals surface area contributed by atoms with E-state index in [0.29, 0.717) is 31.7 Å². The number of hydrogen-bond donors (Lipinski definition) is 2. The van der Waals surface area contributed by atoms with Crippen LogP contribution >= 0.6 is 0 Å². The number of ether oxygens (including phenoxy) is 1. The van der Waals surface area contributed by atoms with Crippen LogP contribution in [0, 0.1) is 0 Å². The Bertz CT molecular complexity index is 871. The summed E-state index contributed by atoms with van der Waals surface area (Å²) in [6.07, 6.45) is 9.56. The molecule has 1 aromatic carbocycles. The number of Topliss-reactive ketones (excluding diaryl/α,β-unsaturated/α-hetero) is 1. The molecule has 6 heteroatoms. The summed E-state index contributed by atoms with van der Waals surface area (Å²) in [5.41, 5.74) is 0.756. The third-order valence-electron chi connectivity index (χ3n) is 6.06. The molecule has 2 rings (SSSR count). The number of carbonyl (C=O) groups is 2. The summed E-state index contributed by atoms with van der Waals surface area (Å²) < 4.78 is 5.77. The average Bonchev–Trinajstić information content (AvgIpc) is 2.82. The van der Waals surface area contributed by atoms with Gasteiger partial charge in [-0.25, -0.2) is 4.79 Å². The fourth-order valence-corrected chi connectivity index (χ4v) is 3.67. The molecule has 180 valence electrons. The summed E-state index contributed by atoms with van der Waals surface area (Å²) in [6.45, 7) is 6.82. The molecular weight excluding hydrogens is 416 g/mol. The summed E-state index contributed by atoms with van der Waals surface area (Å²) >= 11 is 0. The molecule has 0 spiro atoms. The van der Waals surface area contributed by atoms with E-state index in [2.05, 4.69) is 17.2 Å². The maximum absolute atomic E-state index is 12.9. The largest absolute Gasteiger partial charge is 0.478 e. The van der Waals surface area contributed by atoms with Gasteiger partial charge in [-0.3, -0.25) is 9.78 Å². The van der Waals surface area contributed by atoms with Gasteiger partial charge in [0.1, 0.15) is 11.5 Å². The topological polar surface area (TPSA) is 88.5 Å². The van der Waals surface area contributed by atoms with Crippen LogP contribution in [0.5, 0.6) is 5.75 Å². The first-order chi connectivity index (χ1) is 15.9. The van der Waals surface area contributed by atoms with Crippen molar-refractivity contribution in [2.24, 2.45) is 0 Å². The lowest BCUT2D eigenvalue weighted by atomic mass is 9.92. The number of nitrogens with zero attached hydrogens (tertiary/aromatic N) is 1. The van der Waals surface area contributed by atoms with Gasteiger partial charge < -0.3 is 15.2 Å². The molecular formula is C27H38N2O4. The number of unbranched alkanes of at least 4 members (excludes halogenated alkanes) is 3. The number of carbonyl (C=O) groups excluding carboxylic acids is 1. The van der Waals surface area contributed by atoms with Crippen LogP contribution in [0.3, 0.4) is 0 Å². The predicted octanol–water partition coefficient (Wildman–Crippen LogP) is 5.17. The van der Waals surface area contributed by atoms with Crippen LogP contribution in [0.2, 0.25) is 0 Å². The Morgan fingerprint density at radius 1 is 1.15 bits per heavy atom. The Balaban J connectivity index is 1.92. The zero-order valence-corrected chi connectivity index (χ0v) is 20.2. The van der Waals surface area contributed by atoms with Gasteiger partial charge in [0.05, 0.1) is 5.92 Å². The third kappa shape index (κ3) is 8.61. The number of hydrogen-bond acceptors (Lipinski definition) is 5. The van der Waals surface area contributed by atoms with E-state index in [-0.39, 0.29) is 11.7 Å². The van der Waals surface area contributed by atoms with Crippen molar-refractivity contribution in [3.63, 3.8) is 0 Å². The van der Waals surface area contributed by atoms with Gasteiger partial charge >= 0.3 is 5.97 Å². The molecule has 0 radical (unpaired) electrons. The lowest BCUT2D eigenvalue weighted by molar-refractivity contribution is -0.154. The van der Waals surface area contributed by atoms with E-state index in [1.54, 1.807) is 32.3 Å². The van der Waals surface area contributed by atoms with E-state index in [1.807, 2.05) is 30.3 Å². The molecule has 2 unspecified atom stereocenters.